The molecule has 0 unspecified atom stereocenters. The van der Waals surface area contributed by atoms with Crippen LogP contribution >= 0.6 is 0 Å². The fourth-order valence-electron chi connectivity index (χ4n) is 1.44. The molecule has 8 heteroatoms. The molecule has 1 aromatic heterocycles. The van der Waals surface area contributed by atoms with Gasteiger partial charge in [0, 0.05) is 29.8 Å². The second kappa shape index (κ2) is 6.33. The molecular weight excluding hydrogens is 280 g/mol. The molecule has 2 aromatic rings. The SMILES string of the molecule is O=C(OCc1cc[n+]([O-])cc1)Oc1ccc([N+](=O)[O-])cc1. The number of nitrogens with zero attached hydrogens (tertiary/aromatic N) is 2. The number of nitro groups is 1. The average molecular weight is 290 g/mol. The standard InChI is InChI=1S/C13H10N2O6/c16-13(20-9-10-5-7-14(17)8-6-10)21-12-3-1-11(2-4-12)15(18)19/h1-8H,9H2. The predicted molar refractivity (Wildman–Crippen MR) is 69.3 cm³/mol. The Labute approximate surface area is 118 Å². The monoisotopic (exact) mass is 290 g/mol. The predicted octanol–water partition coefficient (Wildman–Crippen LogP) is 1.94. The van der Waals surface area contributed by atoms with Gasteiger partial charge in [-0.3, -0.25) is 10.1 Å². The molecular formula is C13H10N2O6. The van der Waals surface area contributed by atoms with Crippen molar-refractivity contribution in [1.29, 1.82) is 0 Å². The van der Waals surface area contributed by atoms with Crippen molar-refractivity contribution in [3.8, 4) is 5.75 Å². The van der Waals surface area contributed by atoms with Gasteiger partial charge in [0.05, 0.1) is 4.92 Å². The molecule has 1 heterocycles. The van der Waals surface area contributed by atoms with E-state index >= 15 is 0 Å². The maximum atomic E-state index is 11.4. The summed E-state index contributed by atoms with van der Waals surface area (Å²) in [5, 5.41) is 21.3. The number of rotatable bonds is 4. The van der Waals surface area contributed by atoms with E-state index in [4.69, 9.17) is 9.47 Å². The third-order valence-electron chi connectivity index (χ3n) is 2.48. The number of pyridine rings is 1. The van der Waals surface area contributed by atoms with Crippen LogP contribution in [0.1, 0.15) is 5.56 Å². The number of carbonyl (C=O) groups excluding carboxylic acids is 1. The summed E-state index contributed by atoms with van der Waals surface area (Å²) in [6.07, 6.45) is 1.61. The molecule has 0 bridgehead atoms. The van der Waals surface area contributed by atoms with Crippen LogP contribution in [0, 0.1) is 15.3 Å². The number of non-ortho nitro benzene ring substituents is 1. The highest BCUT2D eigenvalue weighted by molar-refractivity contribution is 5.64. The Morgan fingerprint density at radius 1 is 1.14 bits per heavy atom. The van der Waals surface area contributed by atoms with Gasteiger partial charge >= 0.3 is 6.16 Å². The van der Waals surface area contributed by atoms with Crippen molar-refractivity contribution in [3.05, 3.63) is 69.7 Å². The van der Waals surface area contributed by atoms with Crippen LogP contribution < -0.4 is 9.47 Å². The topological polar surface area (TPSA) is 106 Å². The fourth-order valence-corrected chi connectivity index (χ4v) is 1.44. The third kappa shape index (κ3) is 4.16. The van der Waals surface area contributed by atoms with Crippen LogP contribution in [0.2, 0.25) is 0 Å². The summed E-state index contributed by atoms with van der Waals surface area (Å²) >= 11 is 0. The molecule has 8 nitrogen and oxygen atoms in total. The van der Waals surface area contributed by atoms with Crippen molar-refractivity contribution in [2.24, 2.45) is 0 Å². The number of hydrogen-bond donors (Lipinski definition) is 0. The summed E-state index contributed by atoms with van der Waals surface area (Å²) < 4.78 is 10.3. The lowest BCUT2D eigenvalue weighted by Gasteiger charge is -2.05. The van der Waals surface area contributed by atoms with Gasteiger partial charge in [0.15, 0.2) is 12.4 Å². The highest BCUT2D eigenvalue weighted by atomic mass is 16.7. The van der Waals surface area contributed by atoms with E-state index < -0.39 is 11.1 Å². The van der Waals surface area contributed by atoms with Gasteiger partial charge in [0.25, 0.3) is 5.69 Å². The van der Waals surface area contributed by atoms with Crippen LogP contribution in [0.25, 0.3) is 0 Å². The second-order valence-electron chi connectivity index (χ2n) is 3.96. The molecule has 0 saturated carbocycles. The molecule has 0 fully saturated rings. The molecule has 0 aliphatic carbocycles. The Hall–Kier alpha value is -3.16. The van der Waals surface area contributed by atoms with Crippen molar-refractivity contribution in [3.63, 3.8) is 0 Å². The summed E-state index contributed by atoms with van der Waals surface area (Å²) in [7, 11) is 0. The van der Waals surface area contributed by atoms with Crippen molar-refractivity contribution in [2.45, 2.75) is 6.61 Å². The molecule has 1 aromatic carbocycles. The molecule has 0 aliphatic heterocycles. The summed E-state index contributed by atoms with van der Waals surface area (Å²) in [5.74, 6) is 0.135. The molecule has 0 atom stereocenters. The van der Waals surface area contributed by atoms with Crippen molar-refractivity contribution < 1.29 is 23.9 Å². The molecule has 0 amide bonds. The number of ether oxygens (including phenoxy) is 2. The Balaban J connectivity index is 1.86. The fraction of sp³-hybridized carbons (Fsp3) is 0.0769. The van der Waals surface area contributed by atoms with Gasteiger partial charge in [-0.2, -0.15) is 4.73 Å². The smallest absolute Gasteiger partial charge is 0.514 e. The minimum Gasteiger partial charge on any atom is -0.619 e. The van der Waals surface area contributed by atoms with Crippen LogP contribution in [-0.2, 0) is 11.3 Å². The van der Waals surface area contributed by atoms with E-state index in [1.54, 1.807) is 0 Å². The number of carbonyl (C=O) groups is 1. The largest absolute Gasteiger partial charge is 0.619 e. The lowest BCUT2D eigenvalue weighted by molar-refractivity contribution is -0.605. The van der Waals surface area contributed by atoms with Crippen molar-refractivity contribution in [1.82, 2.24) is 0 Å². The molecule has 0 spiro atoms. The molecule has 0 saturated heterocycles. The number of hydrogen-bond acceptors (Lipinski definition) is 6. The van der Waals surface area contributed by atoms with E-state index in [0.717, 1.165) is 0 Å². The van der Waals surface area contributed by atoms with E-state index in [9.17, 15) is 20.1 Å². The molecule has 0 radical (unpaired) electrons. The molecule has 108 valence electrons. The average Bonchev–Trinajstić information content (AvgIpc) is 2.47. The molecule has 2 rings (SSSR count). The lowest BCUT2D eigenvalue weighted by Crippen LogP contribution is -2.24. The Kier molecular flexibility index (Phi) is 4.30. The van der Waals surface area contributed by atoms with Crippen LogP contribution in [0.3, 0.4) is 0 Å². The zero-order chi connectivity index (χ0) is 15.2. The number of benzene rings is 1. The van der Waals surface area contributed by atoms with Gasteiger partial charge in [-0.25, -0.2) is 4.79 Å². The first-order chi connectivity index (χ1) is 10.0. The third-order valence-corrected chi connectivity index (χ3v) is 2.48. The van der Waals surface area contributed by atoms with Crippen LogP contribution in [-0.4, -0.2) is 11.1 Å². The maximum Gasteiger partial charge on any atom is 0.514 e. The number of aromatic nitrogens is 1. The minimum absolute atomic E-state index is 0.0490. The van der Waals surface area contributed by atoms with Gasteiger partial charge < -0.3 is 14.7 Å². The van der Waals surface area contributed by atoms with E-state index in [1.165, 1.54) is 48.8 Å². The van der Waals surface area contributed by atoms with E-state index in [0.29, 0.717) is 10.3 Å². The van der Waals surface area contributed by atoms with Crippen LogP contribution in [0.5, 0.6) is 5.75 Å². The van der Waals surface area contributed by atoms with Gasteiger partial charge in [0.2, 0.25) is 0 Å². The quantitative estimate of drug-likeness (QED) is 0.213. The molecule has 0 N–H and O–H groups in total. The Morgan fingerprint density at radius 2 is 1.76 bits per heavy atom. The normalized spacial score (nSPS) is 9.90. The first-order valence-corrected chi connectivity index (χ1v) is 5.81. The first kappa shape index (κ1) is 14.3. The zero-order valence-electron chi connectivity index (χ0n) is 10.7. The summed E-state index contributed by atoms with van der Waals surface area (Å²) in [5.41, 5.74) is 0.522. The van der Waals surface area contributed by atoms with Crippen molar-refractivity contribution in [2.75, 3.05) is 0 Å². The van der Waals surface area contributed by atoms with Gasteiger partial charge in [-0.05, 0) is 12.1 Å². The Bertz CT molecular complexity index is 639. The number of nitro benzene ring substituents is 1. The van der Waals surface area contributed by atoms with Gasteiger partial charge in [0.1, 0.15) is 12.4 Å². The van der Waals surface area contributed by atoms with E-state index in [1.807, 2.05) is 0 Å². The van der Waals surface area contributed by atoms with Gasteiger partial charge in [-0.15, -0.1) is 0 Å². The second-order valence-corrected chi connectivity index (χ2v) is 3.96. The van der Waals surface area contributed by atoms with Gasteiger partial charge in [-0.1, -0.05) is 0 Å². The Morgan fingerprint density at radius 3 is 2.33 bits per heavy atom. The zero-order valence-corrected chi connectivity index (χ0v) is 10.7. The highest BCUT2D eigenvalue weighted by Gasteiger charge is 2.09. The lowest BCUT2D eigenvalue weighted by atomic mass is 10.3. The summed E-state index contributed by atoms with van der Waals surface area (Å²) in [6.45, 7) is -0.0490. The minimum atomic E-state index is -0.942. The molecule has 21 heavy (non-hydrogen) atoms. The van der Waals surface area contributed by atoms with E-state index in [-0.39, 0.29) is 18.0 Å². The maximum absolute atomic E-state index is 11.4. The van der Waals surface area contributed by atoms with Crippen molar-refractivity contribution >= 4 is 11.8 Å². The summed E-state index contributed by atoms with van der Waals surface area (Å²) in [4.78, 5) is 21.3. The van der Waals surface area contributed by atoms with Crippen LogP contribution in [0.4, 0.5) is 10.5 Å². The summed E-state index contributed by atoms with van der Waals surface area (Å²) in [6, 6.07) is 8.03. The van der Waals surface area contributed by atoms with Crippen LogP contribution in [0.15, 0.2) is 48.8 Å². The highest BCUT2D eigenvalue weighted by Crippen LogP contribution is 2.17. The first-order valence-electron chi connectivity index (χ1n) is 5.81. The van der Waals surface area contributed by atoms with E-state index in [2.05, 4.69) is 0 Å². The molecule has 0 aliphatic rings.